The summed E-state index contributed by atoms with van der Waals surface area (Å²) in [6.07, 6.45) is -0.840. The zero-order valence-electron chi connectivity index (χ0n) is 21.9. The molecule has 0 aliphatic carbocycles. The first kappa shape index (κ1) is 27.5. The summed E-state index contributed by atoms with van der Waals surface area (Å²) < 4.78 is 15.6. The lowest BCUT2D eigenvalue weighted by atomic mass is 9.86. The van der Waals surface area contributed by atoms with Gasteiger partial charge in [-0.05, 0) is 25.0 Å². The van der Waals surface area contributed by atoms with Gasteiger partial charge in [0.15, 0.2) is 0 Å². The SMILES string of the molecule is COC(=O)[C@H]1C[C@H](OC(=O)N2CCC[C@H]2CO)CN(C(=O)OC)[C@@H]1C(=O)N1CCN(c2ccccc2)CC1. The highest BCUT2D eigenvalue weighted by atomic mass is 16.6. The van der Waals surface area contributed by atoms with Gasteiger partial charge in [-0.1, -0.05) is 18.2 Å². The van der Waals surface area contributed by atoms with Crippen LogP contribution in [-0.4, -0.2) is 122 Å². The second-order valence-electron chi connectivity index (χ2n) is 9.76. The number of methoxy groups -OCH3 is 2. The smallest absolute Gasteiger partial charge is 0.410 e. The molecule has 1 N–H and O–H groups in total. The van der Waals surface area contributed by atoms with E-state index in [-0.39, 0.29) is 31.5 Å². The number of rotatable bonds is 5. The fourth-order valence-electron chi connectivity index (χ4n) is 5.60. The van der Waals surface area contributed by atoms with Crippen molar-refractivity contribution >= 4 is 29.8 Å². The Hall–Kier alpha value is -3.54. The summed E-state index contributed by atoms with van der Waals surface area (Å²) in [4.78, 5) is 58.8. The van der Waals surface area contributed by atoms with Crippen molar-refractivity contribution in [1.82, 2.24) is 14.7 Å². The standard InChI is InChI=1S/C26H36N4O8/c1-36-24(33)21-15-20(38-26(35)29-10-6-9-19(29)17-31)16-30(25(34)37-2)22(21)23(32)28-13-11-27(12-14-28)18-7-4-3-5-8-18/h3-5,7-8,19-22,31H,6,9-17H2,1-2H3/t19-,20-,21-,22-/m0/s1. The van der Waals surface area contributed by atoms with Crippen LogP contribution in [0, 0.1) is 5.92 Å². The van der Waals surface area contributed by atoms with Crippen molar-refractivity contribution in [3.8, 4) is 0 Å². The maximum absolute atomic E-state index is 13.8. The predicted octanol–water partition coefficient (Wildman–Crippen LogP) is 0.927. The summed E-state index contributed by atoms with van der Waals surface area (Å²) >= 11 is 0. The number of aliphatic hydroxyl groups excluding tert-OH is 1. The molecule has 0 radical (unpaired) electrons. The first-order valence-electron chi connectivity index (χ1n) is 13.0. The van der Waals surface area contributed by atoms with Gasteiger partial charge in [0.1, 0.15) is 12.1 Å². The first-order chi connectivity index (χ1) is 18.4. The lowest BCUT2D eigenvalue weighted by Crippen LogP contribution is -2.63. The van der Waals surface area contributed by atoms with E-state index in [0.717, 1.165) is 12.1 Å². The van der Waals surface area contributed by atoms with Gasteiger partial charge in [0.25, 0.3) is 0 Å². The molecule has 0 aromatic heterocycles. The lowest BCUT2D eigenvalue weighted by Gasteiger charge is -2.44. The Morgan fingerprint density at radius 1 is 0.921 bits per heavy atom. The van der Waals surface area contributed by atoms with Crippen molar-refractivity contribution in [3.05, 3.63) is 30.3 Å². The number of piperazine rings is 1. The molecule has 3 aliphatic heterocycles. The molecule has 0 saturated carbocycles. The molecule has 4 atom stereocenters. The largest absolute Gasteiger partial charge is 0.469 e. The molecule has 3 amide bonds. The van der Waals surface area contributed by atoms with Gasteiger partial charge in [0.2, 0.25) is 5.91 Å². The Morgan fingerprint density at radius 3 is 2.26 bits per heavy atom. The zero-order valence-corrected chi connectivity index (χ0v) is 21.9. The van der Waals surface area contributed by atoms with Crippen LogP contribution in [-0.2, 0) is 23.8 Å². The molecule has 38 heavy (non-hydrogen) atoms. The third kappa shape index (κ3) is 5.79. The van der Waals surface area contributed by atoms with Crippen molar-refractivity contribution in [2.75, 3.05) is 65.0 Å². The number of anilines is 1. The van der Waals surface area contributed by atoms with Gasteiger partial charge in [-0.3, -0.25) is 14.5 Å². The number of hydrogen-bond donors (Lipinski definition) is 1. The number of nitrogens with zero attached hydrogens (tertiary/aromatic N) is 4. The summed E-state index contributed by atoms with van der Waals surface area (Å²) in [5.74, 6) is -2.09. The summed E-state index contributed by atoms with van der Waals surface area (Å²) in [6, 6.07) is 8.41. The van der Waals surface area contributed by atoms with Gasteiger partial charge in [-0.15, -0.1) is 0 Å². The highest BCUT2D eigenvalue weighted by molar-refractivity contribution is 5.91. The van der Waals surface area contributed by atoms with E-state index in [4.69, 9.17) is 14.2 Å². The Morgan fingerprint density at radius 2 is 1.63 bits per heavy atom. The number of hydrogen-bond acceptors (Lipinski definition) is 9. The lowest BCUT2D eigenvalue weighted by molar-refractivity contribution is -0.159. The Balaban J connectivity index is 1.50. The average Bonchev–Trinajstić information content (AvgIpc) is 3.45. The van der Waals surface area contributed by atoms with Crippen LogP contribution >= 0.6 is 0 Å². The molecule has 1 aromatic carbocycles. The van der Waals surface area contributed by atoms with Crippen molar-refractivity contribution in [3.63, 3.8) is 0 Å². The molecule has 3 saturated heterocycles. The van der Waals surface area contributed by atoms with E-state index in [2.05, 4.69) is 4.90 Å². The van der Waals surface area contributed by atoms with E-state index in [9.17, 15) is 24.3 Å². The fraction of sp³-hybridized carbons (Fsp3) is 0.615. The van der Waals surface area contributed by atoms with Crippen molar-refractivity contribution in [2.24, 2.45) is 5.92 Å². The highest BCUT2D eigenvalue weighted by Crippen LogP contribution is 2.31. The van der Waals surface area contributed by atoms with Gasteiger partial charge in [-0.2, -0.15) is 0 Å². The Labute approximate surface area is 222 Å². The normalized spacial score (nSPS) is 25.7. The number of carbonyl (C=O) groups excluding carboxylic acids is 4. The molecular formula is C26H36N4O8. The van der Waals surface area contributed by atoms with Crippen LogP contribution in [0.3, 0.4) is 0 Å². The summed E-state index contributed by atoms with van der Waals surface area (Å²) in [6.45, 7) is 2.22. The third-order valence-electron chi connectivity index (χ3n) is 7.60. The number of para-hydroxylation sites is 1. The van der Waals surface area contributed by atoms with E-state index >= 15 is 0 Å². The maximum atomic E-state index is 13.8. The van der Waals surface area contributed by atoms with Crippen LogP contribution in [0.15, 0.2) is 30.3 Å². The average molecular weight is 533 g/mol. The molecule has 208 valence electrons. The van der Waals surface area contributed by atoms with Crippen LogP contribution < -0.4 is 4.90 Å². The Kier molecular flexibility index (Phi) is 8.93. The number of carbonyl (C=O) groups is 4. The molecule has 12 nitrogen and oxygen atoms in total. The molecule has 0 spiro atoms. The maximum Gasteiger partial charge on any atom is 0.410 e. The molecule has 1 aromatic rings. The molecule has 12 heteroatoms. The first-order valence-corrected chi connectivity index (χ1v) is 13.0. The van der Waals surface area contributed by atoms with Crippen molar-refractivity contribution in [2.45, 2.75) is 37.5 Å². The van der Waals surface area contributed by atoms with Crippen LogP contribution in [0.1, 0.15) is 19.3 Å². The van der Waals surface area contributed by atoms with Gasteiger partial charge >= 0.3 is 18.2 Å². The zero-order chi connectivity index (χ0) is 27.2. The molecule has 0 bridgehead atoms. The molecule has 3 aliphatic rings. The number of benzene rings is 1. The van der Waals surface area contributed by atoms with E-state index < -0.39 is 36.2 Å². The monoisotopic (exact) mass is 532 g/mol. The summed E-state index contributed by atoms with van der Waals surface area (Å²) in [5, 5.41) is 9.56. The van der Waals surface area contributed by atoms with Crippen LogP contribution in [0.25, 0.3) is 0 Å². The number of piperidine rings is 1. The van der Waals surface area contributed by atoms with Crippen LogP contribution in [0.2, 0.25) is 0 Å². The van der Waals surface area contributed by atoms with E-state index in [1.807, 2.05) is 30.3 Å². The van der Waals surface area contributed by atoms with Crippen molar-refractivity contribution < 1.29 is 38.5 Å². The Bertz CT molecular complexity index is 974. The second-order valence-corrected chi connectivity index (χ2v) is 9.76. The quantitative estimate of drug-likeness (QED) is 0.435. The minimum atomic E-state index is -1.15. The molecule has 0 unspecified atom stereocenters. The van der Waals surface area contributed by atoms with Gasteiger partial charge in [0, 0.05) is 44.8 Å². The van der Waals surface area contributed by atoms with Crippen LogP contribution in [0.5, 0.6) is 0 Å². The number of likely N-dealkylation sites (tertiary alicyclic amines) is 2. The van der Waals surface area contributed by atoms with Crippen LogP contribution in [0.4, 0.5) is 15.3 Å². The molecule has 4 rings (SSSR count). The number of ether oxygens (including phenoxy) is 3. The minimum absolute atomic E-state index is 0.0178. The molecule has 3 heterocycles. The minimum Gasteiger partial charge on any atom is -0.469 e. The summed E-state index contributed by atoms with van der Waals surface area (Å²) in [7, 11) is 2.41. The van der Waals surface area contributed by atoms with Crippen molar-refractivity contribution in [1.29, 1.82) is 0 Å². The number of aliphatic hydroxyl groups is 1. The molecular weight excluding hydrogens is 496 g/mol. The second kappa shape index (κ2) is 12.3. The fourth-order valence-corrected chi connectivity index (χ4v) is 5.60. The highest BCUT2D eigenvalue weighted by Gasteiger charge is 2.50. The summed E-state index contributed by atoms with van der Waals surface area (Å²) in [5.41, 5.74) is 1.06. The number of esters is 1. The van der Waals surface area contributed by atoms with E-state index in [0.29, 0.717) is 39.1 Å². The third-order valence-corrected chi connectivity index (χ3v) is 7.60. The number of amides is 3. The topological polar surface area (TPSA) is 129 Å². The predicted molar refractivity (Wildman–Crippen MR) is 135 cm³/mol. The van der Waals surface area contributed by atoms with E-state index in [1.54, 1.807) is 4.90 Å². The van der Waals surface area contributed by atoms with Gasteiger partial charge in [-0.25, -0.2) is 9.59 Å². The van der Waals surface area contributed by atoms with Gasteiger partial charge in [0.05, 0.1) is 39.3 Å². The van der Waals surface area contributed by atoms with E-state index in [1.165, 1.54) is 24.0 Å². The van der Waals surface area contributed by atoms with Gasteiger partial charge < -0.3 is 34.0 Å². The molecule has 3 fully saturated rings.